The zero-order valence-electron chi connectivity index (χ0n) is 11.1. The molecule has 3 N–H and O–H groups in total. The van der Waals surface area contributed by atoms with Gasteiger partial charge in [-0.1, -0.05) is 13.8 Å². The first-order chi connectivity index (χ1) is 8.71. The quantitative estimate of drug-likeness (QED) is 0.766. The third-order valence-electron chi connectivity index (χ3n) is 2.75. The van der Waals surface area contributed by atoms with Gasteiger partial charge in [0.15, 0.2) is 0 Å². The smallest absolute Gasteiger partial charge is 0.149 e. The fourth-order valence-electron chi connectivity index (χ4n) is 1.77. The lowest BCUT2D eigenvalue weighted by Crippen LogP contribution is -2.29. The molecule has 1 aromatic rings. The van der Waals surface area contributed by atoms with Crippen LogP contribution in [0.5, 0.6) is 0 Å². The van der Waals surface area contributed by atoms with Crippen LogP contribution in [-0.4, -0.2) is 36.1 Å². The summed E-state index contributed by atoms with van der Waals surface area (Å²) in [7, 11) is 0. The van der Waals surface area contributed by atoms with Crippen LogP contribution < -0.4 is 11.1 Å². The Hall–Kier alpha value is -1.80. The molecule has 0 aliphatic rings. The van der Waals surface area contributed by atoms with E-state index in [1.807, 2.05) is 6.07 Å². The zero-order chi connectivity index (χ0) is 13.4. The molecule has 18 heavy (non-hydrogen) atoms. The van der Waals surface area contributed by atoms with Gasteiger partial charge in [0.25, 0.3) is 0 Å². The first-order valence-electron chi connectivity index (χ1n) is 6.33. The van der Waals surface area contributed by atoms with Crippen LogP contribution in [0.15, 0.2) is 12.3 Å². The van der Waals surface area contributed by atoms with Crippen LogP contribution in [-0.2, 0) is 0 Å². The van der Waals surface area contributed by atoms with Gasteiger partial charge in [-0.05, 0) is 25.6 Å². The monoisotopic (exact) mass is 247 g/mol. The Morgan fingerprint density at radius 1 is 1.44 bits per heavy atom. The molecule has 0 aliphatic heterocycles. The molecule has 0 atom stereocenters. The van der Waals surface area contributed by atoms with E-state index in [9.17, 15) is 0 Å². The minimum absolute atomic E-state index is 0.485. The van der Waals surface area contributed by atoms with Crippen molar-refractivity contribution in [1.82, 2.24) is 9.88 Å². The molecule has 5 heteroatoms. The number of pyridine rings is 1. The third-order valence-corrected chi connectivity index (χ3v) is 2.75. The molecule has 0 amide bonds. The van der Waals surface area contributed by atoms with Gasteiger partial charge < -0.3 is 16.0 Å². The second kappa shape index (κ2) is 7.51. The summed E-state index contributed by atoms with van der Waals surface area (Å²) in [6.07, 6.45) is 2.69. The van der Waals surface area contributed by atoms with Crippen molar-refractivity contribution in [3.8, 4) is 6.07 Å². The highest BCUT2D eigenvalue weighted by Gasteiger charge is 2.03. The molecular formula is C13H21N5. The topological polar surface area (TPSA) is 78.0 Å². The average molecular weight is 247 g/mol. The van der Waals surface area contributed by atoms with Crippen molar-refractivity contribution in [3.05, 3.63) is 17.8 Å². The van der Waals surface area contributed by atoms with Crippen molar-refractivity contribution in [3.63, 3.8) is 0 Å². The maximum absolute atomic E-state index is 8.72. The SMILES string of the molecule is CCCN(CC)CCNc1ncc(C#N)cc1N. The number of anilines is 2. The molecule has 5 nitrogen and oxygen atoms in total. The van der Waals surface area contributed by atoms with Crippen LogP contribution in [0.4, 0.5) is 11.5 Å². The van der Waals surface area contributed by atoms with Crippen molar-refractivity contribution < 1.29 is 0 Å². The van der Waals surface area contributed by atoms with Crippen molar-refractivity contribution in [1.29, 1.82) is 5.26 Å². The second-order valence-electron chi connectivity index (χ2n) is 4.13. The molecule has 0 radical (unpaired) electrons. The van der Waals surface area contributed by atoms with Crippen LogP contribution in [0.3, 0.4) is 0 Å². The third kappa shape index (κ3) is 4.22. The van der Waals surface area contributed by atoms with Gasteiger partial charge in [0, 0.05) is 19.3 Å². The molecule has 1 heterocycles. The number of nitrogen functional groups attached to an aromatic ring is 1. The molecule has 0 aliphatic carbocycles. The standard InChI is InChI=1S/C13H21N5/c1-3-6-18(4-2)7-5-16-13-12(15)8-11(9-14)10-17-13/h8,10H,3-7,15H2,1-2H3,(H,16,17). The van der Waals surface area contributed by atoms with E-state index in [2.05, 4.69) is 29.0 Å². The van der Waals surface area contributed by atoms with Gasteiger partial charge in [-0.25, -0.2) is 4.98 Å². The van der Waals surface area contributed by atoms with Gasteiger partial charge in [-0.3, -0.25) is 0 Å². The summed E-state index contributed by atoms with van der Waals surface area (Å²) in [4.78, 5) is 6.51. The van der Waals surface area contributed by atoms with E-state index in [1.54, 1.807) is 6.07 Å². The number of nitrogens with zero attached hydrogens (tertiary/aromatic N) is 3. The van der Waals surface area contributed by atoms with Gasteiger partial charge in [0.1, 0.15) is 11.9 Å². The van der Waals surface area contributed by atoms with Gasteiger partial charge in [-0.2, -0.15) is 5.26 Å². The largest absolute Gasteiger partial charge is 0.396 e. The van der Waals surface area contributed by atoms with E-state index in [4.69, 9.17) is 11.0 Å². The molecule has 0 saturated heterocycles. The molecule has 1 aromatic heterocycles. The zero-order valence-corrected chi connectivity index (χ0v) is 11.1. The number of hydrogen-bond donors (Lipinski definition) is 2. The minimum Gasteiger partial charge on any atom is -0.396 e. The van der Waals surface area contributed by atoms with Crippen LogP contribution in [0.25, 0.3) is 0 Å². The second-order valence-corrected chi connectivity index (χ2v) is 4.13. The van der Waals surface area contributed by atoms with E-state index in [0.29, 0.717) is 17.1 Å². The molecule has 1 rings (SSSR count). The number of aromatic nitrogens is 1. The Morgan fingerprint density at radius 3 is 2.78 bits per heavy atom. The Bertz CT molecular complexity index is 410. The average Bonchev–Trinajstić information content (AvgIpc) is 2.39. The number of hydrogen-bond acceptors (Lipinski definition) is 5. The lowest BCUT2D eigenvalue weighted by molar-refractivity contribution is 0.300. The van der Waals surface area contributed by atoms with E-state index >= 15 is 0 Å². The van der Waals surface area contributed by atoms with Crippen molar-refractivity contribution in [2.45, 2.75) is 20.3 Å². The summed E-state index contributed by atoms with van der Waals surface area (Å²) in [6, 6.07) is 3.65. The fourth-order valence-corrected chi connectivity index (χ4v) is 1.77. The highest BCUT2D eigenvalue weighted by Crippen LogP contribution is 2.15. The molecular weight excluding hydrogens is 226 g/mol. The Morgan fingerprint density at radius 2 is 2.22 bits per heavy atom. The summed E-state index contributed by atoms with van der Waals surface area (Å²) >= 11 is 0. The van der Waals surface area contributed by atoms with Gasteiger partial charge in [0.2, 0.25) is 0 Å². The lowest BCUT2D eigenvalue weighted by atomic mass is 10.3. The van der Waals surface area contributed by atoms with Gasteiger partial charge in [0.05, 0.1) is 11.3 Å². The van der Waals surface area contributed by atoms with Crippen LogP contribution in [0.1, 0.15) is 25.8 Å². The van der Waals surface area contributed by atoms with Crippen molar-refractivity contribution in [2.75, 3.05) is 37.2 Å². The summed E-state index contributed by atoms with van der Waals surface area (Å²) in [5, 5.41) is 11.9. The van der Waals surface area contributed by atoms with E-state index in [-0.39, 0.29) is 0 Å². The van der Waals surface area contributed by atoms with Crippen LogP contribution in [0, 0.1) is 11.3 Å². The highest BCUT2D eigenvalue weighted by molar-refractivity contribution is 5.62. The predicted molar refractivity (Wildman–Crippen MR) is 74.3 cm³/mol. The molecule has 98 valence electrons. The Balaban J connectivity index is 2.46. The molecule has 0 fully saturated rings. The summed E-state index contributed by atoms with van der Waals surface area (Å²) in [5.41, 5.74) is 6.82. The summed E-state index contributed by atoms with van der Waals surface area (Å²) in [6.45, 7) is 8.25. The van der Waals surface area contributed by atoms with Crippen molar-refractivity contribution in [2.24, 2.45) is 0 Å². The number of rotatable bonds is 7. The Labute approximate surface area is 109 Å². The number of likely N-dealkylation sites (N-methyl/N-ethyl adjacent to an activating group) is 1. The predicted octanol–water partition coefficient (Wildman–Crippen LogP) is 1.68. The number of nitrogens with two attached hydrogens (primary N) is 1. The fraction of sp³-hybridized carbons (Fsp3) is 0.538. The van der Waals surface area contributed by atoms with Gasteiger partial charge >= 0.3 is 0 Å². The minimum atomic E-state index is 0.485. The summed E-state index contributed by atoms with van der Waals surface area (Å²) in [5.74, 6) is 0.654. The lowest BCUT2D eigenvalue weighted by Gasteiger charge is -2.19. The normalized spacial score (nSPS) is 10.3. The first kappa shape index (κ1) is 14.3. The van der Waals surface area contributed by atoms with Crippen molar-refractivity contribution >= 4 is 11.5 Å². The molecule has 0 aromatic carbocycles. The van der Waals surface area contributed by atoms with Crippen LogP contribution in [0.2, 0.25) is 0 Å². The maximum Gasteiger partial charge on any atom is 0.149 e. The van der Waals surface area contributed by atoms with E-state index in [0.717, 1.165) is 32.6 Å². The van der Waals surface area contributed by atoms with E-state index in [1.165, 1.54) is 6.20 Å². The molecule has 0 saturated carbocycles. The Kier molecular flexibility index (Phi) is 5.95. The number of nitrogens with one attached hydrogen (secondary N) is 1. The van der Waals surface area contributed by atoms with Crippen LogP contribution >= 0.6 is 0 Å². The molecule has 0 bridgehead atoms. The van der Waals surface area contributed by atoms with Gasteiger partial charge in [-0.15, -0.1) is 0 Å². The number of nitriles is 1. The molecule has 0 unspecified atom stereocenters. The summed E-state index contributed by atoms with van der Waals surface area (Å²) < 4.78 is 0. The first-order valence-corrected chi connectivity index (χ1v) is 6.33. The molecule has 0 spiro atoms. The highest BCUT2D eigenvalue weighted by atomic mass is 15.1. The maximum atomic E-state index is 8.72. The van der Waals surface area contributed by atoms with E-state index < -0.39 is 0 Å².